The lowest BCUT2D eigenvalue weighted by molar-refractivity contribution is -0.141. The summed E-state index contributed by atoms with van der Waals surface area (Å²) in [5.74, 6) is 1.84. The molecule has 0 unspecified atom stereocenters. The molecule has 26 heavy (non-hydrogen) atoms. The zero-order valence-corrected chi connectivity index (χ0v) is 15.5. The van der Waals surface area contributed by atoms with E-state index in [9.17, 15) is 9.59 Å². The van der Waals surface area contributed by atoms with Crippen LogP contribution < -0.4 is 9.47 Å². The Kier molecular flexibility index (Phi) is 4.29. The Bertz CT molecular complexity index is 719. The second-order valence-electron chi connectivity index (χ2n) is 8.05. The van der Waals surface area contributed by atoms with Crippen LogP contribution in [0, 0.1) is 5.92 Å². The average Bonchev–Trinajstić information content (AvgIpc) is 3.41. The SMILES string of the molecule is CC1(C)Cc2cccc(OCC(=O)N3CCN(C(=O)C4CC4)CC3)c2O1. The molecular weight excluding hydrogens is 332 g/mol. The van der Waals surface area contributed by atoms with Gasteiger partial charge in [0.25, 0.3) is 5.91 Å². The standard InChI is InChI=1S/C20H26N2O4/c1-20(2)12-15-4-3-5-16(18(15)26-20)25-13-17(23)21-8-10-22(11-9-21)19(24)14-6-7-14/h3-5,14H,6-13H2,1-2H3. The minimum absolute atomic E-state index is 0.00316. The molecule has 6 nitrogen and oxygen atoms in total. The van der Waals surface area contributed by atoms with Gasteiger partial charge in [0.15, 0.2) is 18.1 Å². The molecule has 1 aromatic carbocycles. The summed E-state index contributed by atoms with van der Waals surface area (Å²) in [6.07, 6.45) is 2.88. The third-order valence-electron chi connectivity index (χ3n) is 5.28. The van der Waals surface area contributed by atoms with E-state index in [-0.39, 0.29) is 29.9 Å². The van der Waals surface area contributed by atoms with E-state index in [1.807, 2.05) is 36.9 Å². The molecule has 3 aliphatic rings. The van der Waals surface area contributed by atoms with Crippen molar-refractivity contribution in [1.29, 1.82) is 0 Å². The molecule has 2 amide bonds. The van der Waals surface area contributed by atoms with E-state index in [0.29, 0.717) is 31.9 Å². The number of ether oxygens (including phenoxy) is 2. The van der Waals surface area contributed by atoms with E-state index in [2.05, 4.69) is 0 Å². The maximum atomic E-state index is 12.5. The van der Waals surface area contributed by atoms with Crippen LogP contribution in [0.5, 0.6) is 11.5 Å². The number of amides is 2. The van der Waals surface area contributed by atoms with Crippen molar-refractivity contribution in [3.05, 3.63) is 23.8 Å². The van der Waals surface area contributed by atoms with Crippen LogP contribution in [0.15, 0.2) is 18.2 Å². The van der Waals surface area contributed by atoms with Crippen molar-refractivity contribution in [3.8, 4) is 11.5 Å². The normalized spacial score (nSPS) is 21.2. The quantitative estimate of drug-likeness (QED) is 0.824. The molecule has 4 rings (SSSR count). The number of carbonyl (C=O) groups excluding carboxylic acids is 2. The fourth-order valence-corrected chi connectivity index (χ4v) is 3.70. The lowest BCUT2D eigenvalue weighted by Crippen LogP contribution is -2.52. The highest BCUT2D eigenvalue weighted by molar-refractivity contribution is 5.82. The third kappa shape index (κ3) is 3.50. The summed E-state index contributed by atoms with van der Waals surface area (Å²) in [5, 5.41) is 0. The molecule has 1 saturated carbocycles. The smallest absolute Gasteiger partial charge is 0.260 e. The van der Waals surface area contributed by atoms with Crippen LogP contribution in [-0.2, 0) is 16.0 Å². The summed E-state index contributed by atoms with van der Waals surface area (Å²) < 4.78 is 11.8. The van der Waals surface area contributed by atoms with Crippen LogP contribution >= 0.6 is 0 Å². The average molecular weight is 358 g/mol. The summed E-state index contributed by atoms with van der Waals surface area (Å²) in [7, 11) is 0. The lowest BCUT2D eigenvalue weighted by Gasteiger charge is -2.34. The Labute approximate surface area is 154 Å². The molecule has 0 radical (unpaired) electrons. The molecule has 6 heteroatoms. The molecule has 1 saturated heterocycles. The molecule has 0 aromatic heterocycles. The zero-order valence-electron chi connectivity index (χ0n) is 15.5. The van der Waals surface area contributed by atoms with E-state index in [0.717, 1.165) is 30.6 Å². The van der Waals surface area contributed by atoms with Crippen molar-refractivity contribution in [2.45, 2.75) is 38.7 Å². The molecule has 1 aliphatic carbocycles. The van der Waals surface area contributed by atoms with Gasteiger partial charge in [-0.25, -0.2) is 0 Å². The van der Waals surface area contributed by atoms with E-state index >= 15 is 0 Å². The van der Waals surface area contributed by atoms with Gasteiger partial charge in [-0.2, -0.15) is 0 Å². The van der Waals surface area contributed by atoms with Crippen molar-refractivity contribution in [3.63, 3.8) is 0 Å². The Balaban J connectivity index is 1.30. The first kappa shape index (κ1) is 17.2. The van der Waals surface area contributed by atoms with Crippen LogP contribution in [0.25, 0.3) is 0 Å². The Morgan fingerprint density at radius 1 is 1.15 bits per heavy atom. The molecule has 140 valence electrons. The number of nitrogens with zero attached hydrogens (tertiary/aromatic N) is 2. The van der Waals surface area contributed by atoms with Crippen LogP contribution in [0.4, 0.5) is 0 Å². The zero-order chi connectivity index (χ0) is 18.3. The first-order valence-corrected chi connectivity index (χ1v) is 9.43. The number of fused-ring (bicyclic) bond motifs is 1. The minimum Gasteiger partial charge on any atom is -0.483 e. The topological polar surface area (TPSA) is 59.1 Å². The molecule has 0 N–H and O–H groups in total. The predicted octanol–water partition coefficient (Wildman–Crippen LogP) is 1.86. The van der Waals surface area contributed by atoms with E-state index in [4.69, 9.17) is 9.47 Å². The summed E-state index contributed by atoms with van der Waals surface area (Å²) in [5.41, 5.74) is 0.878. The van der Waals surface area contributed by atoms with Crippen molar-refractivity contribution in [2.75, 3.05) is 32.8 Å². The molecule has 1 aromatic rings. The Hall–Kier alpha value is -2.24. The number of para-hydroxylation sites is 1. The molecular formula is C20H26N2O4. The lowest BCUT2D eigenvalue weighted by atomic mass is 10.0. The van der Waals surface area contributed by atoms with Gasteiger partial charge in [-0.3, -0.25) is 9.59 Å². The van der Waals surface area contributed by atoms with Crippen LogP contribution in [0.1, 0.15) is 32.3 Å². The van der Waals surface area contributed by atoms with Crippen molar-refractivity contribution >= 4 is 11.8 Å². The number of rotatable bonds is 4. The van der Waals surface area contributed by atoms with Gasteiger partial charge in [0.05, 0.1) is 0 Å². The van der Waals surface area contributed by atoms with Crippen LogP contribution in [0.3, 0.4) is 0 Å². The molecule has 0 bridgehead atoms. The van der Waals surface area contributed by atoms with Gasteiger partial charge in [-0.1, -0.05) is 12.1 Å². The monoisotopic (exact) mass is 358 g/mol. The fourth-order valence-electron chi connectivity index (χ4n) is 3.70. The molecule has 2 heterocycles. The van der Waals surface area contributed by atoms with Gasteiger partial charge in [-0.15, -0.1) is 0 Å². The molecule has 0 atom stereocenters. The van der Waals surface area contributed by atoms with Gasteiger partial charge in [0.2, 0.25) is 5.91 Å². The largest absolute Gasteiger partial charge is 0.483 e. The first-order chi connectivity index (χ1) is 12.4. The maximum Gasteiger partial charge on any atom is 0.260 e. The number of piperazine rings is 1. The predicted molar refractivity (Wildman–Crippen MR) is 96.2 cm³/mol. The second-order valence-corrected chi connectivity index (χ2v) is 8.05. The molecule has 2 aliphatic heterocycles. The maximum absolute atomic E-state index is 12.5. The highest BCUT2D eigenvalue weighted by Gasteiger charge is 2.35. The van der Waals surface area contributed by atoms with E-state index < -0.39 is 0 Å². The molecule has 2 fully saturated rings. The van der Waals surface area contributed by atoms with Crippen molar-refractivity contribution in [1.82, 2.24) is 9.80 Å². The summed E-state index contributed by atoms with van der Waals surface area (Å²) in [6.45, 7) is 6.50. The number of benzene rings is 1. The Morgan fingerprint density at radius 3 is 2.54 bits per heavy atom. The first-order valence-electron chi connectivity index (χ1n) is 9.43. The van der Waals surface area contributed by atoms with E-state index in [1.54, 1.807) is 4.90 Å². The third-order valence-corrected chi connectivity index (χ3v) is 5.28. The second kappa shape index (κ2) is 6.49. The summed E-state index contributed by atoms with van der Waals surface area (Å²) in [6, 6.07) is 5.82. The number of hydrogen-bond donors (Lipinski definition) is 0. The van der Waals surface area contributed by atoms with Gasteiger partial charge < -0.3 is 19.3 Å². The van der Waals surface area contributed by atoms with Gasteiger partial charge >= 0.3 is 0 Å². The Morgan fingerprint density at radius 2 is 1.85 bits per heavy atom. The number of hydrogen-bond acceptors (Lipinski definition) is 4. The highest BCUT2D eigenvalue weighted by Crippen LogP contribution is 2.41. The minimum atomic E-state index is -0.240. The summed E-state index contributed by atoms with van der Waals surface area (Å²) >= 11 is 0. The van der Waals surface area contributed by atoms with Gasteiger partial charge in [0, 0.05) is 44.1 Å². The van der Waals surface area contributed by atoms with Gasteiger partial charge in [0.1, 0.15) is 5.60 Å². The van der Waals surface area contributed by atoms with Gasteiger partial charge in [-0.05, 0) is 32.8 Å². The highest BCUT2D eigenvalue weighted by atomic mass is 16.5. The fraction of sp³-hybridized carbons (Fsp3) is 0.600. The number of carbonyl (C=O) groups is 2. The van der Waals surface area contributed by atoms with E-state index in [1.165, 1.54) is 0 Å². The van der Waals surface area contributed by atoms with Crippen molar-refractivity contribution in [2.24, 2.45) is 5.92 Å². The van der Waals surface area contributed by atoms with Crippen LogP contribution in [-0.4, -0.2) is 60.0 Å². The van der Waals surface area contributed by atoms with Crippen LogP contribution in [0.2, 0.25) is 0 Å². The molecule has 0 spiro atoms. The van der Waals surface area contributed by atoms with Crippen molar-refractivity contribution < 1.29 is 19.1 Å². The summed E-state index contributed by atoms with van der Waals surface area (Å²) in [4.78, 5) is 28.2.